The predicted molar refractivity (Wildman–Crippen MR) is 168 cm³/mol. The van der Waals surface area contributed by atoms with E-state index in [1.54, 1.807) is 0 Å². The first-order valence-corrected chi connectivity index (χ1v) is 16.6. The zero-order valence-corrected chi connectivity index (χ0v) is 27.5. The summed E-state index contributed by atoms with van der Waals surface area (Å²) in [6, 6.07) is 12.6. The van der Waals surface area contributed by atoms with E-state index in [0.29, 0.717) is 5.69 Å². The molecule has 3 rings (SSSR count). The minimum Gasteiger partial charge on any atom is -0.307 e. The van der Waals surface area contributed by atoms with Crippen LogP contribution in [0.25, 0.3) is 0 Å². The van der Waals surface area contributed by atoms with Gasteiger partial charge in [-0.3, -0.25) is 9.59 Å². The number of anilines is 1. The molecule has 0 aliphatic rings. The van der Waals surface area contributed by atoms with Crippen molar-refractivity contribution in [1.82, 2.24) is 4.72 Å². The van der Waals surface area contributed by atoms with Crippen LogP contribution < -0.4 is 15.2 Å². The van der Waals surface area contributed by atoms with Crippen LogP contribution in [0.4, 0.5) is 10.5 Å². The van der Waals surface area contributed by atoms with Crippen LogP contribution >= 0.6 is 23.2 Å². The predicted octanol–water partition coefficient (Wildman–Crippen LogP) is 6.49. The number of urea groups is 1. The van der Waals surface area contributed by atoms with E-state index in [1.807, 2.05) is 50.6 Å². The van der Waals surface area contributed by atoms with Gasteiger partial charge in [-0.15, -0.1) is 0 Å². The lowest BCUT2D eigenvalue weighted by Gasteiger charge is -2.20. The average molecular weight is 671 g/mol. The van der Waals surface area contributed by atoms with Gasteiger partial charge in [0.2, 0.25) is 10.0 Å². The van der Waals surface area contributed by atoms with Gasteiger partial charge >= 0.3 is 6.03 Å². The fourth-order valence-electron chi connectivity index (χ4n) is 3.88. The highest BCUT2D eigenvalue weighted by Gasteiger charge is 2.24. The molecule has 0 bridgehead atoms. The lowest BCUT2D eigenvalue weighted by Crippen LogP contribution is -2.35. The molecular weight excluding hydrogens is 637 g/mol. The number of hydrogen-bond acceptors (Lipinski definition) is 7. The second kappa shape index (κ2) is 14.5. The number of carbonyl (C=O) groups excluding carboxylic acids is 3. The molecule has 232 valence electrons. The number of primary sulfonamides is 1. The van der Waals surface area contributed by atoms with E-state index in [0.717, 1.165) is 17.2 Å². The van der Waals surface area contributed by atoms with Crippen LogP contribution in [0.15, 0.2) is 64.4 Å². The molecule has 0 aliphatic carbocycles. The van der Waals surface area contributed by atoms with Crippen molar-refractivity contribution in [2.75, 3.05) is 5.32 Å². The first-order valence-electron chi connectivity index (χ1n) is 12.9. The minimum absolute atomic E-state index is 0.0116. The third kappa shape index (κ3) is 9.60. The summed E-state index contributed by atoms with van der Waals surface area (Å²) in [5, 5.41) is 7.52. The van der Waals surface area contributed by atoms with Gasteiger partial charge in [0.05, 0.1) is 10.0 Å². The third-order valence-electron chi connectivity index (χ3n) is 6.11. The first kappa shape index (κ1) is 35.9. The van der Waals surface area contributed by atoms with Crippen molar-refractivity contribution in [2.45, 2.75) is 63.2 Å². The topological polar surface area (TPSA) is 170 Å². The van der Waals surface area contributed by atoms with E-state index in [-0.39, 0.29) is 54.4 Å². The number of halogens is 2. The lowest BCUT2D eigenvalue weighted by molar-refractivity contribution is 0.100. The summed E-state index contributed by atoms with van der Waals surface area (Å²) in [7, 11) is -8.15. The molecule has 4 N–H and O–H groups in total. The van der Waals surface area contributed by atoms with Gasteiger partial charge in [0.1, 0.15) is 9.79 Å². The molecule has 10 nitrogen and oxygen atoms in total. The Hall–Kier alpha value is -3.29. The number of nitrogens with one attached hydrogen (secondary N) is 2. The van der Waals surface area contributed by atoms with Crippen LogP contribution in [0.3, 0.4) is 0 Å². The number of sulfonamides is 2. The number of nitrogens with two attached hydrogens (primary N) is 1. The molecule has 0 spiro atoms. The quantitative estimate of drug-likeness (QED) is 0.230. The molecule has 43 heavy (non-hydrogen) atoms. The van der Waals surface area contributed by atoms with E-state index in [1.165, 1.54) is 44.2 Å². The van der Waals surface area contributed by atoms with Crippen molar-refractivity contribution in [2.24, 2.45) is 5.14 Å². The van der Waals surface area contributed by atoms with E-state index in [4.69, 9.17) is 28.3 Å². The molecule has 0 fully saturated rings. The van der Waals surface area contributed by atoms with Crippen LogP contribution in [0.5, 0.6) is 0 Å². The maximum Gasteiger partial charge on any atom is 0.333 e. The van der Waals surface area contributed by atoms with E-state index < -0.39 is 26.1 Å². The average Bonchev–Trinajstić information content (AvgIpc) is 2.87. The van der Waals surface area contributed by atoms with Crippen molar-refractivity contribution >= 4 is 66.5 Å². The molecular formula is C29H33Cl2N3O7S2. The molecule has 14 heteroatoms. The van der Waals surface area contributed by atoms with Crippen molar-refractivity contribution in [3.63, 3.8) is 0 Å². The minimum atomic E-state index is -4.28. The van der Waals surface area contributed by atoms with Crippen LogP contribution in [0.2, 0.25) is 10.0 Å². The Kier molecular flexibility index (Phi) is 12.1. The Morgan fingerprint density at radius 2 is 1.14 bits per heavy atom. The Morgan fingerprint density at radius 3 is 1.53 bits per heavy atom. The summed E-state index contributed by atoms with van der Waals surface area (Å²) < 4.78 is 49.4. The van der Waals surface area contributed by atoms with Gasteiger partial charge < -0.3 is 5.32 Å². The van der Waals surface area contributed by atoms with Gasteiger partial charge in [-0.25, -0.2) is 31.5 Å². The number of rotatable bonds is 8. The molecule has 3 aromatic carbocycles. The molecule has 2 amide bonds. The lowest BCUT2D eigenvalue weighted by atomic mass is 9.93. The maximum atomic E-state index is 12.7. The highest BCUT2D eigenvalue weighted by atomic mass is 35.5. The molecule has 3 aromatic rings. The fraction of sp³-hybridized carbons (Fsp3) is 0.276. The van der Waals surface area contributed by atoms with Crippen LogP contribution in [-0.2, 0) is 20.0 Å². The fourth-order valence-corrected chi connectivity index (χ4v) is 6.39. The monoisotopic (exact) mass is 669 g/mol. The summed E-state index contributed by atoms with van der Waals surface area (Å²) in [5.41, 5.74) is 2.84. The van der Waals surface area contributed by atoms with E-state index >= 15 is 0 Å². The van der Waals surface area contributed by atoms with Crippen molar-refractivity contribution in [3.8, 4) is 0 Å². The second-order valence-corrected chi connectivity index (χ2v) is 14.1. The van der Waals surface area contributed by atoms with Crippen LogP contribution in [0.1, 0.15) is 85.2 Å². The van der Waals surface area contributed by atoms with Crippen LogP contribution in [0, 0.1) is 0 Å². The normalized spacial score (nSPS) is 11.5. The molecule has 0 saturated heterocycles. The number of carbonyl (C=O) groups is 3. The zero-order valence-electron chi connectivity index (χ0n) is 24.4. The summed E-state index contributed by atoms with van der Waals surface area (Å²) in [5.74, 6) is -0.300. The summed E-state index contributed by atoms with van der Waals surface area (Å²) >= 11 is 11.6. The van der Waals surface area contributed by atoms with Gasteiger partial charge in [0.25, 0.3) is 10.0 Å². The van der Waals surface area contributed by atoms with Crippen LogP contribution in [-0.4, -0.2) is 34.4 Å². The number of hydrogen-bond donors (Lipinski definition) is 3. The second-order valence-electron chi connectivity index (χ2n) is 10.1. The highest BCUT2D eigenvalue weighted by Crippen LogP contribution is 2.32. The number of para-hydroxylation sites is 1. The van der Waals surface area contributed by atoms with Gasteiger partial charge in [-0.2, -0.15) is 0 Å². The Labute approximate surface area is 262 Å². The van der Waals surface area contributed by atoms with E-state index in [9.17, 15) is 31.2 Å². The number of Topliss-reactive ketones (excluding diaryl/α,β-unsaturated/α-hetero) is 2. The summed E-state index contributed by atoms with van der Waals surface area (Å²) in [4.78, 5) is 34.5. The third-order valence-corrected chi connectivity index (χ3v) is 9.32. The van der Waals surface area contributed by atoms with Crippen molar-refractivity contribution < 1.29 is 31.2 Å². The maximum absolute atomic E-state index is 12.7. The van der Waals surface area contributed by atoms with Gasteiger partial charge in [-0.1, -0.05) is 69.1 Å². The zero-order chi connectivity index (χ0) is 32.9. The number of ketones is 2. The first-order chi connectivity index (χ1) is 19.8. The van der Waals surface area contributed by atoms with E-state index in [2.05, 4.69) is 5.32 Å². The molecule has 0 aromatic heterocycles. The van der Waals surface area contributed by atoms with Gasteiger partial charge in [-0.05, 0) is 73.2 Å². The highest BCUT2D eigenvalue weighted by molar-refractivity contribution is 7.90. The standard InChI is InChI=1S/C21H25ClN2O4S.C8H8ClNO3S/c1-12(2)16-7-6-8-17(13(3)4)20(16)23-21(26)24-29(27,28)19-11-15(14(5)25)9-10-18(19)22;1-5(11)6-2-3-7(9)8(4-6)14(10,12)13/h6-13H,1-5H3,(H2,23,24,26);2-4H,1H3,(H2,10,12,13). The Morgan fingerprint density at radius 1 is 0.721 bits per heavy atom. The Balaban J connectivity index is 0.000000385. The Bertz CT molecular complexity index is 1750. The molecule has 0 unspecified atom stereocenters. The molecule has 0 heterocycles. The largest absolute Gasteiger partial charge is 0.333 e. The summed E-state index contributed by atoms with van der Waals surface area (Å²) in [6.07, 6.45) is 0. The summed E-state index contributed by atoms with van der Waals surface area (Å²) in [6.45, 7) is 10.6. The van der Waals surface area contributed by atoms with Crippen molar-refractivity contribution in [3.05, 3.63) is 86.9 Å². The molecule has 0 aliphatic heterocycles. The SMILES string of the molecule is CC(=O)c1ccc(Cl)c(S(=O)(=O)NC(=O)Nc2c(C(C)C)cccc2C(C)C)c1.CC(=O)c1ccc(Cl)c(S(N)(=O)=O)c1. The molecule has 0 radical (unpaired) electrons. The van der Waals surface area contributed by atoms with Gasteiger partial charge in [0, 0.05) is 16.8 Å². The van der Waals surface area contributed by atoms with Crippen molar-refractivity contribution in [1.29, 1.82) is 0 Å². The smallest absolute Gasteiger partial charge is 0.307 e. The molecule has 0 atom stereocenters. The number of amides is 2. The molecule has 0 saturated carbocycles. The van der Waals surface area contributed by atoms with Gasteiger partial charge in [0.15, 0.2) is 11.6 Å². The number of benzene rings is 3.